The van der Waals surface area contributed by atoms with Crippen LogP contribution in [0, 0.1) is 0 Å². The summed E-state index contributed by atoms with van der Waals surface area (Å²) in [6.45, 7) is 5.41. The van der Waals surface area contributed by atoms with E-state index in [1.165, 1.54) is 7.11 Å². The molecule has 0 aliphatic carbocycles. The summed E-state index contributed by atoms with van der Waals surface area (Å²) in [4.78, 5) is 20.0. The monoisotopic (exact) mass is 448 g/mol. The third-order valence-electron chi connectivity index (χ3n) is 4.69. The molecule has 7 nitrogen and oxygen atoms in total. The molecule has 0 aliphatic rings. The standard InChI is InChI=1S/C11H11ClN2O2.C10H11ClN2O/c1-3-14-8(11(15)16-2)6-7-4-5-9(12)13-10(7)14;1-2-13-8(6-14)5-7-3-4-9(11)12-10(7)13/h4-6H,3H2,1-2H3;3-5,14H,2,6H2,1H3. The fourth-order valence-corrected chi connectivity index (χ4v) is 3.63. The number of hydrogen-bond donors (Lipinski definition) is 1. The molecule has 9 heteroatoms. The lowest BCUT2D eigenvalue weighted by atomic mass is 10.3. The van der Waals surface area contributed by atoms with Crippen LogP contribution in [0.5, 0.6) is 0 Å². The molecule has 0 saturated carbocycles. The van der Waals surface area contributed by atoms with Gasteiger partial charge >= 0.3 is 5.97 Å². The summed E-state index contributed by atoms with van der Waals surface area (Å²) in [7, 11) is 1.36. The molecular formula is C21H22Cl2N4O3. The van der Waals surface area contributed by atoms with E-state index < -0.39 is 0 Å². The van der Waals surface area contributed by atoms with Crippen LogP contribution in [0.2, 0.25) is 10.3 Å². The number of rotatable bonds is 4. The number of hydrogen-bond acceptors (Lipinski definition) is 5. The van der Waals surface area contributed by atoms with Gasteiger partial charge < -0.3 is 19.0 Å². The molecule has 4 rings (SSSR count). The Bertz CT molecular complexity index is 1200. The molecule has 30 heavy (non-hydrogen) atoms. The number of esters is 1. The van der Waals surface area contributed by atoms with Crippen molar-refractivity contribution in [2.24, 2.45) is 0 Å². The first-order valence-electron chi connectivity index (χ1n) is 9.43. The summed E-state index contributed by atoms with van der Waals surface area (Å²) in [5.41, 5.74) is 2.91. The molecule has 0 unspecified atom stereocenters. The molecule has 0 amide bonds. The van der Waals surface area contributed by atoms with Crippen LogP contribution in [0.4, 0.5) is 0 Å². The summed E-state index contributed by atoms with van der Waals surface area (Å²) >= 11 is 11.6. The molecule has 0 aliphatic heterocycles. The van der Waals surface area contributed by atoms with E-state index in [0.29, 0.717) is 28.2 Å². The van der Waals surface area contributed by atoms with Crippen molar-refractivity contribution < 1.29 is 14.6 Å². The number of aliphatic hydroxyl groups is 1. The van der Waals surface area contributed by atoms with E-state index in [1.54, 1.807) is 22.8 Å². The Labute approximate surface area is 183 Å². The fourth-order valence-electron chi connectivity index (χ4n) is 3.34. The second kappa shape index (κ2) is 9.47. The van der Waals surface area contributed by atoms with Crippen molar-refractivity contribution >= 4 is 51.2 Å². The predicted octanol–water partition coefficient (Wildman–Crippen LogP) is 4.70. The number of aryl methyl sites for hydroxylation is 2. The van der Waals surface area contributed by atoms with Crippen molar-refractivity contribution in [2.75, 3.05) is 7.11 Å². The average molecular weight is 449 g/mol. The number of methoxy groups -OCH3 is 1. The second-order valence-electron chi connectivity index (χ2n) is 6.40. The van der Waals surface area contributed by atoms with Gasteiger partial charge in [-0.25, -0.2) is 14.8 Å². The Morgan fingerprint density at radius 1 is 0.967 bits per heavy atom. The lowest BCUT2D eigenvalue weighted by Crippen LogP contribution is -2.09. The molecule has 4 aromatic rings. The molecule has 0 bridgehead atoms. The van der Waals surface area contributed by atoms with E-state index in [-0.39, 0.29) is 12.6 Å². The van der Waals surface area contributed by atoms with Gasteiger partial charge in [-0.05, 0) is 50.2 Å². The van der Waals surface area contributed by atoms with Crippen LogP contribution < -0.4 is 0 Å². The molecule has 0 spiro atoms. The second-order valence-corrected chi connectivity index (χ2v) is 7.17. The van der Waals surface area contributed by atoms with E-state index in [9.17, 15) is 4.79 Å². The zero-order valence-corrected chi connectivity index (χ0v) is 18.4. The Kier molecular flexibility index (Phi) is 6.97. The minimum absolute atomic E-state index is 0.0296. The third-order valence-corrected chi connectivity index (χ3v) is 5.12. The number of halogens is 2. The molecule has 4 heterocycles. The first-order valence-corrected chi connectivity index (χ1v) is 10.2. The van der Waals surface area contributed by atoms with Gasteiger partial charge in [-0.15, -0.1) is 0 Å². The van der Waals surface area contributed by atoms with Crippen molar-refractivity contribution in [3.05, 3.63) is 58.1 Å². The van der Waals surface area contributed by atoms with Gasteiger partial charge in [0.15, 0.2) is 0 Å². The maximum atomic E-state index is 11.5. The Hall–Kier alpha value is -2.61. The molecule has 0 aromatic carbocycles. The van der Waals surface area contributed by atoms with Gasteiger partial charge in [0.25, 0.3) is 0 Å². The fraction of sp³-hybridized carbons (Fsp3) is 0.286. The molecule has 158 valence electrons. The van der Waals surface area contributed by atoms with Gasteiger partial charge in [-0.3, -0.25) is 0 Å². The van der Waals surface area contributed by atoms with Crippen molar-refractivity contribution in [3.63, 3.8) is 0 Å². The van der Waals surface area contributed by atoms with E-state index >= 15 is 0 Å². The summed E-state index contributed by atoms with van der Waals surface area (Å²) in [6.07, 6.45) is 0. The maximum Gasteiger partial charge on any atom is 0.354 e. The van der Waals surface area contributed by atoms with Crippen LogP contribution in [-0.4, -0.2) is 37.3 Å². The van der Waals surface area contributed by atoms with Gasteiger partial charge in [-0.2, -0.15) is 0 Å². The van der Waals surface area contributed by atoms with E-state index in [1.807, 2.05) is 36.6 Å². The van der Waals surface area contributed by atoms with E-state index in [4.69, 9.17) is 33.0 Å². The third kappa shape index (κ3) is 4.28. The first kappa shape index (κ1) is 22.1. The lowest BCUT2D eigenvalue weighted by Gasteiger charge is -2.04. The summed E-state index contributed by atoms with van der Waals surface area (Å²) in [5.74, 6) is -0.365. The van der Waals surface area contributed by atoms with Gasteiger partial charge in [-0.1, -0.05) is 23.2 Å². The maximum absolute atomic E-state index is 11.5. The van der Waals surface area contributed by atoms with Crippen LogP contribution in [0.3, 0.4) is 0 Å². The van der Waals surface area contributed by atoms with Crippen LogP contribution in [0.25, 0.3) is 22.1 Å². The normalized spacial score (nSPS) is 10.9. The van der Waals surface area contributed by atoms with Gasteiger partial charge in [0, 0.05) is 29.6 Å². The highest BCUT2D eigenvalue weighted by atomic mass is 35.5. The van der Waals surface area contributed by atoms with Crippen LogP contribution in [0.15, 0.2) is 36.4 Å². The Morgan fingerprint density at radius 2 is 1.50 bits per heavy atom. The molecule has 1 N–H and O–H groups in total. The smallest absolute Gasteiger partial charge is 0.354 e. The highest BCUT2D eigenvalue weighted by Gasteiger charge is 2.15. The number of fused-ring (bicyclic) bond motifs is 2. The molecule has 0 fully saturated rings. The number of aliphatic hydroxyl groups excluding tert-OH is 1. The molecule has 4 aromatic heterocycles. The van der Waals surface area contributed by atoms with Gasteiger partial charge in [0.2, 0.25) is 0 Å². The quantitative estimate of drug-likeness (QED) is 0.361. The minimum Gasteiger partial charge on any atom is -0.464 e. The minimum atomic E-state index is -0.365. The highest BCUT2D eigenvalue weighted by molar-refractivity contribution is 6.30. The van der Waals surface area contributed by atoms with Crippen LogP contribution in [0.1, 0.15) is 30.0 Å². The molecular weight excluding hydrogens is 427 g/mol. The van der Waals surface area contributed by atoms with E-state index in [0.717, 1.165) is 28.7 Å². The van der Waals surface area contributed by atoms with E-state index in [2.05, 4.69) is 9.97 Å². The molecule has 0 radical (unpaired) electrons. The van der Waals surface area contributed by atoms with Gasteiger partial charge in [0.05, 0.1) is 13.7 Å². The van der Waals surface area contributed by atoms with Crippen molar-refractivity contribution in [2.45, 2.75) is 33.5 Å². The zero-order valence-electron chi connectivity index (χ0n) is 16.9. The summed E-state index contributed by atoms with van der Waals surface area (Å²) in [6, 6.07) is 10.9. The lowest BCUT2D eigenvalue weighted by molar-refractivity contribution is 0.0589. The average Bonchev–Trinajstić information content (AvgIpc) is 3.30. The van der Waals surface area contributed by atoms with Crippen molar-refractivity contribution in [3.8, 4) is 0 Å². The summed E-state index contributed by atoms with van der Waals surface area (Å²) < 4.78 is 8.46. The predicted molar refractivity (Wildman–Crippen MR) is 118 cm³/mol. The van der Waals surface area contributed by atoms with Crippen LogP contribution >= 0.6 is 23.2 Å². The number of ether oxygens (including phenoxy) is 1. The number of nitrogens with zero attached hydrogens (tertiary/aromatic N) is 4. The molecule has 0 atom stereocenters. The topological polar surface area (TPSA) is 82.2 Å². The van der Waals surface area contributed by atoms with Crippen molar-refractivity contribution in [1.29, 1.82) is 0 Å². The first-order chi connectivity index (χ1) is 14.4. The molecule has 0 saturated heterocycles. The Morgan fingerprint density at radius 3 is 2.00 bits per heavy atom. The zero-order chi connectivity index (χ0) is 21.8. The number of carbonyl (C=O) groups is 1. The Balaban J connectivity index is 0.000000172. The summed E-state index contributed by atoms with van der Waals surface area (Å²) in [5, 5.41) is 11.9. The number of pyridine rings is 2. The van der Waals surface area contributed by atoms with Gasteiger partial charge in [0.1, 0.15) is 27.3 Å². The largest absolute Gasteiger partial charge is 0.464 e. The van der Waals surface area contributed by atoms with Crippen LogP contribution in [-0.2, 0) is 24.4 Å². The number of carbonyl (C=O) groups excluding carboxylic acids is 1. The SMILES string of the molecule is CCn1c(C(=O)OC)cc2ccc(Cl)nc21.CCn1c(CO)cc2ccc(Cl)nc21. The highest BCUT2D eigenvalue weighted by Crippen LogP contribution is 2.21. The number of aromatic nitrogens is 4. The van der Waals surface area contributed by atoms with Crippen molar-refractivity contribution in [1.82, 2.24) is 19.1 Å².